The highest BCUT2D eigenvalue weighted by Gasteiger charge is 2.11. The van der Waals surface area contributed by atoms with E-state index in [4.69, 9.17) is 0 Å². The third-order valence-electron chi connectivity index (χ3n) is 2.09. The van der Waals surface area contributed by atoms with Gasteiger partial charge in [0.05, 0.1) is 5.75 Å². The molecule has 0 amide bonds. The van der Waals surface area contributed by atoms with Crippen molar-refractivity contribution in [1.29, 1.82) is 0 Å². The van der Waals surface area contributed by atoms with Gasteiger partial charge in [0.15, 0.2) is 9.84 Å². The highest BCUT2D eigenvalue weighted by Crippen LogP contribution is 2.00. The molecule has 0 radical (unpaired) electrons. The fourth-order valence-electron chi connectivity index (χ4n) is 1.27. The summed E-state index contributed by atoms with van der Waals surface area (Å²) < 4.78 is 22.6. The van der Waals surface area contributed by atoms with E-state index in [2.05, 4.69) is 5.32 Å². The molecular weight excluding hydrogens is 214 g/mol. The number of hydrogen-bond donors (Lipinski definition) is 1. The first-order valence-electron chi connectivity index (χ1n) is 5.38. The van der Waals surface area contributed by atoms with Gasteiger partial charge >= 0.3 is 0 Å². The molecular formula is C10H21NO3S. The van der Waals surface area contributed by atoms with Gasteiger partial charge in [-0.3, -0.25) is 4.79 Å². The first kappa shape index (κ1) is 14.6. The molecule has 90 valence electrons. The van der Waals surface area contributed by atoms with Crippen molar-refractivity contribution in [3.05, 3.63) is 0 Å². The Kier molecular flexibility index (Phi) is 7.60. The van der Waals surface area contributed by atoms with Crippen LogP contribution in [-0.2, 0) is 14.6 Å². The summed E-state index contributed by atoms with van der Waals surface area (Å²) in [6, 6.07) is 0. The van der Waals surface area contributed by atoms with E-state index in [9.17, 15) is 13.2 Å². The smallest absolute Gasteiger partial charge is 0.150 e. The van der Waals surface area contributed by atoms with E-state index in [1.54, 1.807) is 0 Å². The number of hydrogen-bond acceptors (Lipinski definition) is 4. The van der Waals surface area contributed by atoms with Crippen LogP contribution in [0.3, 0.4) is 0 Å². The lowest BCUT2D eigenvalue weighted by molar-refractivity contribution is -0.118. The highest BCUT2D eigenvalue weighted by molar-refractivity contribution is 7.91. The molecule has 0 aromatic carbocycles. The molecule has 0 aliphatic heterocycles. The molecule has 0 spiro atoms. The Morgan fingerprint density at radius 2 is 1.87 bits per heavy atom. The Bertz CT molecular complexity index is 272. The van der Waals surface area contributed by atoms with Crippen LogP contribution in [0.4, 0.5) is 0 Å². The van der Waals surface area contributed by atoms with Crippen molar-refractivity contribution in [1.82, 2.24) is 5.32 Å². The van der Waals surface area contributed by atoms with Gasteiger partial charge in [-0.1, -0.05) is 6.92 Å². The van der Waals surface area contributed by atoms with E-state index in [0.29, 0.717) is 12.8 Å². The molecule has 0 aromatic rings. The van der Waals surface area contributed by atoms with Gasteiger partial charge in [-0.05, 0) is 26.4 Å². The van der Waals surface area contributed by atoms with Gasteiger partial charge < -0.3 is 5.32 Å². The third kappa shape index (κ3) is 8.57. The molecule has 0 aromatic heterocycles. The Labute approximate surface area is 92.4 Å². The summed E-state index contributed by atoms with van der Waals surface area (Å²) in [7, 11) is -1.16. The molecule has 1 N–H and O–H groups in total. The lowest BCUT2D eigenvalue weighted by Gasteiger charge is -2.02. The van der Waals surface area contributed by atoms with Gasteiger partial charge in [0, 0.05) is 18.6 Å². The summed E-state index contributed by atoms with van der Waals surface area (Å²) >= 11 is 0. The minimum absolute atomic E-state index is 0.0131. The molecule has 0 saturated heterocycles. The van der Waals surface area contributed by atoms with Crippen LogP contribution in [0.15, 0.2) is 0 Å². The lowest BCUT2D eigenvalue weighted by atomic mass is 10.2. The number of sulfone groups is 1. The molecule has 0 heterocycles. The summed E-state index contributed by atoms with van der Waals surface area (Å²) in [5.41, 5.74) is 0. The van der Waals surface area contributed by atoms with Gasteiger partial charge in [0.1, 0.15) is 5.78 Å². The highest BCUT2D eigenvalue weighted by atomic mass is 32.2. The molecule has 0 aliphatic carbocycles. The summed E-state index contributed by atoms with van der Waals surface area (Å²) in [6.07, 6.45) is 2.05. The second-order valence-electron chi connectivity index (χ2n) is 3.65. The summed E-state index contributed by atoms with van der Waals surface area (Å²) in [5.74, 6) is 0.251. The van der Waals surface area contributed by atoms with E-state index < -0.39 is 9.84 Å². The molecule has 15 heavy (non-hydrogen) atoms. The molecule has 4 nitrogen and oxygen atoms in total. The van der Waals surface area contributed by atoms with E-state index in [0.717, 1.165) is 13.0 Å². The van der Waals surface area contributed by atoms with Crippen molar-refractivity contribution >= 4 is 15.6 Å². The fourth-order valence-corrected chi connectivity index (χ4v) is 2.63. The van der Waals surface area contributed by atoms with Crippen molar-refractivity contribution in [2.75, 3.05) is 25.1 Å². The van der Waals surface area contributed by atoms with Gasteiger partial charge in [0.25, 0.3) is 0 Å². The Hall–Kier alpha value is -0.420. The van der Waals surface area contributed by atoms with Crippen LogP contribution >= 0.6 is 0 Å². The van der Waals surface area contributed by atoms with Gasteiger partial charge in [-0.2, -0.15) is 0 Å². The zero-order valence-corrected chi connectivity index (χ0v) is 10.4. The normalized spacial score (nSPS) is 11.6. The van der Waals surface area contributed by atoms with Crippen molar-refractivity contribution in [3.63, 3.8) is 0 Å². The van der Waals surface area contributed by atoms with Gasteiger partial charge in [0.2, 0.25) is 0 Å². The van der Waals surface area contributed by atoms with Crippen LogP contribution in [0.1, 0.15) is 32.6 Å². The molecule has 0 atom stereocenters. The largest absolute Gasteiger partial charge is 0.320 e. The Morgan fingerprint density at radius 1 is 1.20 bits per heavy atom. The molecule has 0 bridgehead atoms. The maximum Gasteiger partial charge on any atom is 0.150 e. The van der Waals surface area contributed by atoms with Crippen LogP contribution in [0.25, 0.3) is 0 Å². The number of Topliss-reactive ketones (excluding diaryl/α,β-unsaturated/α-hetero) is 1. The zero-order valence-electron chi connectivity index (χ0n) is 9.58. The molecule has 5 heteroatoms. The predicted octanol–water partition coefficient (Wildman–Crippen LogP) is 0.770. The molecule has 0 fully saturated rings. The average Bonchev–Trinajstić information content (AvgIpc) is 2.15. The predicted molar refractivity (Wildman–Crippen MR) is 61.7 cm³/mol. The average molecular weight is 235 g/mol. The molecule has 0 unspecified atom stereocenters. The minimum Gasteiger partial charge on any atom is -0.320 e. The minimum atomic E-state index is -2.99. The summed E-state index contributed by atoms with van der Waals surface area (Å²) in [6.45, 7) is 2.62. The van der Waals surface area contributed by atoms with E-state index in [-0.39, 0.29) is 23.7 Å². The van der Waals surface area contributed by atoms with E-state index in [1.165, 1.54) is 0 Å². The van der Waals surface area contributed by atoms with Crippen LogP contribution in [0.5, 0.6) is 0 Å². The van der Waals surface area contributed by atoms with Crippen LogP contribution in [0, 0.1) is 0 Å². The first-order valence-corrected chi connectivity index (χ1v) is 7.20. The van der Waals surface area contributed by atoms with Crippen molar-refractivity contribution in [3.8, 4) is 0 Å². The number of carbonyl (C=O) groups is 1. The Morgan fingerprint density at radius 3 is 2.40 bits per heavy atom. The first-order chi connectivity index (χ1) is 7.02. The number of rotatable bonds is 9. The van der Waals surface area contributed by atoms with Crippen LogP contribution in [-0.4, -0.2) is 39.3 Å². The van der Waals surface area contributed by atoms with Crippen molar-refractivity contribution in [2.45, 2.75) is 32.6 Å². The monoisotopic (exact) mass is 235 g/mol. The SMILES string of the molecule is CCCS(=O)(=O)CCC(=O)CCCNC. The zero-order chi connectivity index (χ0) is 11.7. The molecule has 0 rings (SSSR count). The summed E-state index contributed by atoms with van der Waals surface area (Å²) in [4.78, 5) is 11.3. The standard InChI is InChI=1S/C10H21NO3S/c1-3-8-15(13,14)9-6-10(12)5-4-7-11-2/h11H,3-9H2,1-2H3. The molecule has 0 saturated carbocycles. The topological polar surface area (TPSA) is 63.2 Å². The third-order valence-corrected chi connectivity index (χ3v) is 3.95. The number of carbonyl (C=O) groups excluding carboxylic acids is 1. The Balaban J connectivity index is 3.71. The number of ketones is 1. The lowest BCUT2D eigenvalue weighted by Crippen LogP contribution is -2.15. The van der Waals surface area contributed by atoms with E-state index >= 15 is 0 Å². The van der Waals surface area contributed by atoms with Crippen LogP contribution in [0.2, 0.25) is 0 Å². The number of nitrogens with one attached hydrogen (secondary N) is 1. The maximum absolute atomic E-state index is 11.3. The molecule has 0 aliphatic rings. The quantitative estimate of drug-likeness (QED) is 0.600. The van der Waals surface area contributed by atoms with Crippen molar-refractivity contribution < 1.29 is 13.2 Å². The van der Waals surface area contributed by atoms with Crippen molar-refractivity contribution in [2.24, 2.45) is 0 Å². The second kappa shape index (κ2) is 7.82. The van der Waals surface area contributed by atoms with Gasteiger partial charge in [-0.25, -0.2) is 8.42 Å². The second-order valence-corrected chi connectivity index (χ2v) is 5.95. The van der Waals surface area contributed by atoms with Gasteiger partial charge in [-0.15, -0.1) is 0 Å². The maximum atomic E-state index is 11.3. The fraction of sp³-hybridized carbons (Fsp3) is 0.900. The van der Waals surface area contributed by atoms with E-state index in [1.807, 2.05) is 14.0 Å². The summed E-state index contributed by atoms with van der Waals surface area (Å²) in [5, 5.41) is 2.95. The van der Waals surface area contributed by atoms with Crippen LogP contribution < -0.4 is 5.32 Å².